The molecule has 6 heteroatoms. The van der Waals surface area contributed by atoms with Gasteiger partial charge in [-0.25, -0.2) is 9.50 Å². The predicted molar refractivity (Wildman–Crippen MR) is 100 cm³/mol. The van der Waals surface area contributed by atoms with Gasteiger partial charge in [-0.15, -0.1) is 0 Å². The van der Waals surface area contributed by atoms with Crippen LogP contribution >= 0.6 is 0 Å². The van der Waals surface area contributed by atoms with E-state index in [1.807, 2.05) is 13.8 Å². The fourth-order valence-corrected chi connectivity index (χ4v) is 3.63. The van der Waals surface area contributed by atoms with Crippen LogP contribution < -0.4 is 5.56 Å². The van der Waals surface area contributed by atoms with Crippen molar-refractivity contribution in [3.8, 4) is 17.3 Å². The molecule has 0 saturated heterocycles. The highest BCUT2D eigenvalue weighted by Crippen LogP contribution is 2.43. The Balaban J connectivity index is 2.02. The molecule has 134 valence electrons. The lowest BCUT2D eigenvalue weighted by atomic mass is 9.99. The van der Waals surface area contributed by atoms with E-state index in [1.165, 1.54) is 29.2 Å². The van der Waals surface area contributed by atoms with Gasteiger partial charge in [-0.3, -0.25) is 9.89 Å². The molecule has 3 aromatic rings. The van der Waals surface area contributed by atoms with Crippen molar-refractivity contribution in [2.45, 2.75) is 58.4 Å². The van der Waals surface area contributed by atoms with Crippen molar-refractivity contribution >= 4 is 5.65 Å². The summed E-state index contributed by atoms with van der Waals surface area (Å²) in [5.74, 6) is 0.642. The number of aromatic amines is 1. The first kappa shape index (κ1) is 16.6. The van der Waals surface area contributed by atoms with E-state index in [4.69, 9.17) is 4.98 Å². The van der Waals surface area contributed by atoms with Gasteiger partial charge in [0.05, 0.1) is 5.69 Å². The monoisotopic (exact) mass is 349 g/mol. The molecular weight excluding hydrogens is 326 g/mol. The first-order chi connectivity index (χ1) is 12.4. The number of fused-ring (bicyclic) bond motifs is 1. The maximum absolute atomic E-state index is 13.0. The van der Waals surface area contributed by atoms with Crippen LogP contribution in [-0.4, -0.2) is 19.2 Å². The van der Waals surface area contributed by atoms with Crippen LogP contribution in [0.25, 0.3) is 16.9 Å². The van der Waals surface area contributed by atoms with Gasteiger partial charge in [0.15, 0.2) is 5.65 Å². The molecule has 0 bridgehead atoms. The van der Waals surface area contributed by atoms with Crippen LogP contribution in [0.2, 0.25) is 0 Å². The molecule has 26 heavy (non-hydrogen) atoms. The quantitative estimate of drug-likeness (QED) is 0.775. The molecule has 0 amide bonds. The van der Waals surface area contributed by atoms with Crippen molar-refractivity contribution in [1.29, 1.82) is 5.26 Å². The zero-order valence-electron chi connectivity index (χ0n) is 15.6. The van der Waals surface area contributed by atoms with E-state index in [0.29, 0.717) is 34.4 Å². The van der Waals surface area contributed by atoms with Gasteiger partial charge in [0.25, 0.3) is 5.56 Å². The lowest BCUT2D eigenvalue weighted by Gasteiger charge is -2.12. The van der Waals surface area contributed by atoms with Gasteiger partial charge in [-0.2, -0.15) is 5.26 Å². The van der Waals surface area contributed by atoms with E-state index in [-0.39, 0.29) is 11.5 Å². The number of hydrogen-bond acceptors (Lipinski definition) is 3. The number of nitrogens with zero attached hydrogens (tertiary/aromatic N) is 4. The summed E-state index contributed by atoms with van der Waals surface area (Å²) in [7, 11) is 0. The van der Waals surface area contributed by atoms with Crippen molar-refractivity contribution in [3.63, 3.8) is 0 Å². The fourth-order valence-electron chi connectivity index (χ4n) is 3.63. The molecule has 0 unspecified atom stereocenters. The summed E-state index contributed by atoms with van der Waals surface area (Å²) < 4.78 is 3.67. The second-order valence-corrected chi connectivity index (χ2v) is 7.72. The highest BCUT2D eigenvalue weighted by atomic mass is 16.1. The minimum Gasteiger partial charge on any atom is -0.348 e. The molecule has 1 N–H and O–H groups in total. The third-order valence-corrected chi connectivity index (χ3v) is 5.10. The average Bonchev–Trinajstić information content (AvgIpc) is 3.19. The van der Waals surface area contributed by atoms with Gasteiger partial charge < -0.3 is 4.57 Å². The summed E-state index contributed by atoms with van der Waals surface area (Å²) in [6, 6.07) is 4.65. The zero-order valence-corrected chi connectivity index (χ0v) is 15.6. The lowest BCUT2D eigenvalue weighted by molar-refractivity contribution is 0.577. The fraction of sp³-hybridized carbons (Fsp3) is 0.450. The molecule has 0 aliphatic heterocycles. The Morgan fingerprint density at radius 3 is 2.62 bits per heavy atom. The van der Waals surface area contributed by atoms with E-state index in [0.717, 1.165) is 5.56 Å². The molecule has 0 atom stereocenters. The van der Waals surface area contributed by atoms with Gasteiger partial charge >= 0.3 is 0 Å². The molecule has 0 aromatic carbocycles. The predicted octanol–water partition coefficient (Wildman–Crippen LogP) is 3.94. The molecule has 1 fully saturated rings. The largest absolute Gasteiger partial charge is 0.348 e. The topological polar surface area (TPSA) is 78.9 Å². The minimum atomic E-state index is -0.133. The maximum Gasteiger partial charge on any atom is 0.276 e. The SMILES string of the molecule is CC(C)c1c(-c2cc(C3CC3)n(C(C)C)c2)nc2c(C#N)c[nH]n2c1=O. The van der Waals surface area contributed by atoms with Crippen molar-refractivity contribution in [2.75, 3.05) is 0 Å². The number of nitriles is 1. The van der Waals surface area contributed by atoms with Crippen LogP contribution in [0.4, 0.5) is 0 Å². The minimum absolute atomic E-state index is 0.0301. The number of hydrogen-bond donors (Lipinski definition) is 1. The number of nitrogens with one attached hydrogen (secondary N) is 1. The van der Waals surface area contributed by atoms with E-state index in [2.05, 4.69) is 41.8 Å². The molecule has 1 aliphatic carbocycles. The number of H-pyrrole nitrogens is 1. The summed E-state index contributed by atoms with van der Waals surface area (Å²) in [6.45, 7) is 8.35. The first-order valence-corrected chi connectivity index (χ1v) is 9.18. The van der Waals surface area contributed by atoms with Crippen molar-refractivity contribution in [1.82, 2.24) is 19.2 Å². The van der Waals surface area contributed by atoms with Crippen molar-refractivity contribution in [2.24, 2.45) is 0 Å². The number of aromatic nitrogens is 4. The highest BCUT2D eigenvalue weighted by Gasteiger charge is 2.29. The van der Waals surface area contributed by atoms with Crippen LogP contribution in [-0.2, 0) is 0 Å². The molecule has 3 aromatic heterocycles. The molecular formula is C20H23N5O. The Bertz CT molecular complexity index is 1070. The Morgan fingerprint density at radius 2 is 2.04 bits per heavy atom. The van der Waals surface area contributed by atoms with E-state index < -0.39 is 0 Å². The summed E-state index contributed by atoms with van der Waals surface area (Å²) in [4.78, 5) is 17.8. The van der Waals surface area contributed by atoms with Crippen LogP contribution in [0, 0.1) is 11.3 Å². The third-order valence-electron chi connectivity index (χ3n) is 5.10. The standard InChI is InChI=1S/C20H23N5O/c1-11(2)17-18(23-19-15(8-21)9-22-25(19)20(17)26)14-7-16(13-5-6-13)24(10-14)12(3)4/h7,9-13,22H,5-6H2,1-4H3. The van der Waals surface area contributed by atoms with Crippen LogP contribution in [0.3, 0.4) is 0 Å². The van der Waals surface area contributed by atoms with Crippen molar-refractivity contribution < 1.29 is 0 Å². The molecule has 1 saturated carbocycles. The first-order valence-electron chi connectivity index (χ1n) is 9.18. The molecule has 1 aliphatic rings. The van der Waals surface area contributed by atoms with E-state index in [9.17, 15) is 10.1 Å². The summed E-state index contributed by atoms with van der Waals surface area (Å²) >= 11 is 0. The molecule has 0 spiro atoms. The summed E-state index contributed by atoms with van der Waals surface area (Å²) in [6.07, 6.45) is 6.09. The van der Waals surface area contributed by atoms with Crippen LogP contribution in [0.5, 0.6) is 0 Å². The van der Waals surface area contributed by atoms with Gasteiger partial charge in [0.2, 0.25) is 0 Å². The second-order valence-electron chi connectivity index (χ2n) is 7.72. The van der Waals surface area contributed by atoms with Crippen molar-refractivity contribution in [3.05, 3.63) is 45.6 Å². The normalized spacial score (nSPS) is 14.5. The Labute approximate surface area is 152 Å². The van der Waals surface area contributed by atoms with E-state index in [1.54, 1.807) is 0 Å². The Hall–Kier alpha value is -2.81. The second kappa shape index (κ2) is 5.87. The average molecular weight is 349 g/mol. The van der Waals surface area contributed by atoms with Gasteiger partial charge in [0, 0.05) is 35.3 Å². The lowest BCUT2D eigenvalue weighted by Crippen LogP contribution is -2.22. The molecule has 3 heterocycles. The Morgan fingerprint density at radius 1 is 1.31 bits per heavy atom. The van der Waals surface area contributed by atoms with Gasteiger partial charge in [-0.05, 0) is 44.6 Å². The van der Waals surface area contributed by atoms with Gasteiger partial charge in [-0.1, -0.05) is 13.8 Å². The molecule has 0 radical (unpaired) electrons. The Kier molecular flexibility index (Phi) is 3.76. The van der Waals surface area contributed by atoms with Crippen LogP contribution in [0.1, 0.15) is 75.2 Å². The zero-order chi connectivity index (χ0) is 18.6. The van der Waals surface area contributed by atoms with E-state index >= 15 is 0 Å². The summed E-state index contributed by atoms with van der Waals surface area (Å²) in [5, 5.41) is 12.2. The van der Waals surface area contributed by atoms with Gasteiger partial charge in [0.1, 0.15) is 11.6 Å². The molecule has 4 rings (SSSR count). The van der Waals surface area contributed by atoms with Crippen LogP contribution in [0.15, 0.2) is 23.3 Å². The molecule has 6 nitrogen and oxygen atoms in total. The summed E-state index contributed by atoms with van der Waals surface area (Å²) in [5.41, 5.74) is 4.30. The third kappa shape index (κ3) is 2.47. The smallest absolute Gasteiger partial charge is 0.276 e. The number of rotatable bonds is 4. The maximum atomic E-state index is 13.0. The highest BCUT2D eigenvalue weighted by molar-refractivity contribution is 5.68.